The van der Waals surface area contributed by atoms with Gasteiger partial charge < -0.3 is 10.3 Å². The second kappa shape index (κ2) is 5.91. The Morgan fingerprint density at radius 2 is 2.29 bits per heavy atom. The van der Waals surface area contributed by atoms with Crippen LogP contribution >= 0.6 is 11.8 Å². The predicted molar refractivity (Wildman–Crippen MR) is 71.2 cm³/mol. The van der Waals surface area contributed by atoms with Gasteiger partial charge in [0, 0.05) is 12.2 Å². The minimum Gasteiger partial charge on any atom is -0.402 e. The minimum absolute atomic E-state index is 0.888. The van der Waals surface area contributed by atoms with Crippen LogP contribution in [0.2, 0.25) is 0 Å². The molecule has 0 fully saturated rings. The van der Waals surface area contributed by atoms with Gasteiger partial charge in [0.1, 0.15) is 12.2 Å². The van der Waals surface area contributed by atoms with E-state index in [0.29, 0.717) is 0 Å². The molecule has 0 radical (unpaired) electrons. The quantitative estimate of drug-likeness (QED) is 0.872. The Kier molecular flexibility index (Phi) is 4.25. The lowest BCUT2D eigenvalue weighted by atomic mass is 10.1. The van der Waals surface area contributed by atoms with Crippen molar-refractivity contribution in [3.8, 4) is 0 Å². The van der Waals surface area contributed by atoms with E-state index in [4.69, 9.17) is 5.73 Å². The summed E-state index contributed by atoms with van der Waals surface area (Å²) in [5, 5.41) is 8.12. The third-order valence-corrected chi connectivity index (χ3v) is 3.80. The molecule has 0 aliphatic heterocycles. The number of nitrogens with zero attached hydrogens (tertiary/aromatic N) is 3. The largest absolute Gasteiger partial charge is 0.402 e. The molecule has 0 atom stereocenters. The molecule has 92 valence electrons. The molecule has 17 heavy (non-hydrogen) atoms. The smallest absolute Gasteiger partial charge is 0.143 e. The van der Waals surface area contributed by atoms with Crippen molar-refractivity contribution < 1.29 is 0 Å². The van der Waals surface area contributed by atoms with Crippen LogP contribution in [0.25, 0.3) is 0 Å². The topological polar surface area (TPSA) is 56.7 Å². The molecule has 1 aromatic heterocycles. The van der Waals surface area contributed by atoms with Crippen molar-refractivity contribution in [3.63, 3.8) is 0 Å². The van der Waals surface area contributed by atoms with Crippen LogP contribution in [0.1, 0.15) is 32.0 Å². The molecule has 0 unspecified atom stereocenters. The number of thioether (sulfide) groups is 1. The fourth-order valence-corrected chi connectivity index (χ4v) is 2.68. The van der Waals surface area contributed by atoms with E-state index in [9.17, 15) is 0 Å². The summed E-state index contributed by atoms with van der Waals surface area (Å²) in [5.41, 5.74) is 6.71. The first-order valence-electron chi connectivity index (χ1n) is 5.94. The summed E-state index contributed by atoms with van der Waals surface area (Å²) in [5.74, 6) is 1.94. The van der Waals surface area contributed by atoms with Gasteiger partial charge in [0.05, 0.1) is 5.75 Å². The standard InChI is InChI=1S/C12H18N4S/c1-2-7-16-9-14-15-12(16)8-17-11-5-3-10(13)4-6-11/h3,5,9H,2,4,6-8,13H2,1H3. The van der Waals surface area contributed by atoms with Crippen LogP contribution in [0, 0.1) is 0 Å². The number of allylic oxidation sites excluding steroid dienone is 4. The zero-order valence-electron chi connectivity index (χ0n) is 10.1. The summed E-state index contributed by atoms with van der Waals surface area (Å²) in [6.45, 7) is 3.16. The molecule has 1 aliphatic carbocycles. The molecule has 0 spiro atoms. The van der Waals surface area contributed by atoms with Gasteiger partial charge in [-0.25, -0.2) is 0 Å². The van der Waals surface area contributed by atoms with Gasteiger partial charge in [0.15, 0.2) is 0 Å². The molecule has 4 nitrogen and oxygen atoms in total. The molecule has 2 N–H and O–H groups in total. The lowest BCUT2D eigenvalue weighted by Crippen LogP contribution is -2.03. The predicted octanol–water partition coefficient (Wildman–Crippen LogP) is 2.44. The third-order valence-electron chi connectivity index (χ3n) is 2.69. The summed E-state index contributed by atoms with van der Waals surface area (Å²) < 4.78 is 2.13. The Morgan fingerprint density at radius 3 is 3.00 bits per heavy atom. The van der Waals surface area contributed by atoms with Crippen LogP contribution in [-0.2, 0) is 12.3 Å². The maximum atomic E-state index is 5.73. The first-order valence-corrected chi connectivity index (χ1v) is 6.93. The molecule has 0 amide bonds. The van der Waals surface area contributed by atoms with Crippen molar-refractivity contribution in [2.45, 2.75) is 38.5 Å². The average molecular weight is 250 g/mol. The molecular formula is C12H18N4S. The van der Waals surface area contributed by atoms with Crippen molar-refractivity contribution in [2.24, 2.45) is 5.73 Å². The third kappa shape index (κ3) is 3.36. The first kappa shape index (κ1) is 12.2. The summed E-state index contributed by atoms with van der Waals surface area (Å²) in [6.07, 6.45) is 9.06. The van der Waals surface area contributed by atoms with Crippen LogP contribution in [0.4, 0.5) is 0 Å². The van der Waals surface area contributed by atoms with Crippen LogP contribution in [-0.4, -0.2) is 14.8 Å². The van der Waals surface area contributed by atoms with E-state index in [1.54, 1.807) is 0 Å². The van der Waals surface area contributed by atoms with E-state index < -0.39 is 0 Å². The maximum absolute atomic E-state index is 5.73. The second-order valence-corrected chi connectivity index (χ2v) is 5.21. The van der Waals surface area contributed by atoms with Crippen LogP contribution in [0.15, 0.2) is 29.1 Å². The van der Waals surface area contributed by atoms with Crippen LogP contribution < -0.4 is 5.73 Å². The highest BCUT2D eigenvalue weighted by Crippen LogP contribution is 2.28. The zero-order chi connectivity index (χ0) is 12.1. The van der Waals surface area contributed by atoms with E-state index >= 15 is 0 Å². The Hall–Kier alpha value is -1.23. The molecule has 0 saturated heterocycles. The number of nitrogens with two attached hydrogens (primary N) is 1. The van der Waals surface area contributed by atoms with Gasteiger partial charge in [0.2, 0.25) is 0 Å². The van der Waals surface area contributed by atoms with E-state index in [0.717, 1.165) is 43.1 Å². The Balaban J connectivity index is 1.91. The van der Waals surface area contributed by atoms with E-state index in [2.05, 4.69) is 27.8 Å². The lowest BCUT2D eigenvalue weighted by Gasteiger charge is -2.11. The van der Waals surface area contributed by atoms with Crippen molar-refractivity contribution in [3.05, 3.63) is 34.9 Å². The van der Waals surface area contributed by atoms with Gasteiger partial charge in [-0.3, -0.25) is 0 Å². The lowest BCUT2D eigenvalue weighted by molar-refractivity contribution is 0.654. The average Bonchev–Trinajstić information content (AvgIpc) is 2.77. The highest BCUT2D eigenvalue weighted by molar-refractivity contribution is 8.02. The summed E-state index contributed by atoms with van der Waals surface area (Å²) in [6, 6.07) is 0. The molecule has 0 aromatic carbocycles. The molecule has 1 heterocycles. The van der Waals surface area contributed by atoms with Crippen molar-refractivity contribution in [2.75, 3.05) is 0 Å². The van der Waals surface area contributed by atoms with Gasteiger partial charge in [-0.2, -0.15) is 0 Å². The van der Waals surface area contributed by atoms with Gasteiger partial charge in [-0.15, -0.1) is 22.0 Å². The molecule has 1 aliphatic rings. The van der Waals surface area contributed by atoms with E-state index in [1.165, 1.54) is 4.91 Å². The van der Waals surface area contributed by atoms with Gasteiger partial charge >= 0.3 is 0 Å². The number of rotatable bonds is 5. The summed E-state index contributed by atoms with van der Waals surface area (Å²) in [4.78, 5) is 1.38. The fourth-order valence-electron chi connectivity index (χ4n) is 1.73. The minimum atomic E-state index is 0.888. The van der Waals surface area contributed by atoms with Crippen LogP contribution in [0.3, 0.4) is 0 Å². The number of hydrogen-bond donors (Lipinski definition) is 1. The van der Waals surface area contributed by atoms with E-state index in [-0.39, 0.29) is 0 Å². The van der Waals surface area contributed by atoms with Crippen molar-refractivity contribution >= 4 is 11.8 Å². The Labute approximate surface area is 106 Å². The SMILES string of the molecule is CCCn1cnnc1CSC1=CC=C(N)CC1. The molecule has 0 bridgehead atoms. The number of aryl methyl sites for hydroxylation is 1. The highest BCUT2D eigenvalue weighted by atomic mass is 32.2. The molecule has 0 saturated carbocycles. The van der Waals surface area contributed by atoms with Crippen molar-refractivity contribution in [1.29, 1.82) is 0 Å². The van der Waals surface area contributed by atoms with Gasteiger partial charge in [-0.1, -0.05) is 13.0 Å². The summed E-state index contributed by atoms with van der Waals surface area (Å²) in [7, 11) is 0. The fraction of sp³-hybridized carbons (Fsp3) is 0.500. The second-order valence-electron chi connectivity index (χ2n) is 4.10. The Bertz CT molecular complexity index is 433. The van der Waals surface area contributed by atoms with Crippen molar-refractivity contribution in [1.82, 2.24) is 14.8 Å². The number of aromatic nitrogens is 3. The molecule has 2 rings (SSSR count). The normalized spacial score (nSPS) is 15.6. The van der Waals surface area contributed by atoms with E-state index in [1.807, 2.05) is 24.2 Å². The van der Waals surface area contributed by atoms with Gasteiger partial charge in [0.25, 0.3) is 0 Å². The van der Waals surface area contributed by atoms with Gasteiger partial charge in [-0.05, 0) is 30.2 Å². The molecule has 5 heteroatoms. The Morgan fingerprint density at radius 1 is 1.41 bits per heavy atom. The molecular weight excluding hydrogens is 232 g/mol. The number of hydrogen-bond acceptors (Lipinski definition) is 4. The highest BCUT2D eigenvalue weighted by Gasteiger charge is 2.08. The molecule has 1 aromatic rings. The first-order chi connectivity index (χ1) is 8.29. The zero-order valence-corrected chi connectivity index (χ0v) is 10.9. The van der Waals surface area contributed by atoms with Crippen LogP contribution in [0.5, 0.6) is 0 Å². The maximum Gasteiger partial charge on any atom is 0.143 e. The summed E-state index contributed by atoms with van der Waals surface area (Å²) >= 11 is 1.83. The monoisotopic (exact) mass is 250 g/mol.